The molecule has 96 valence electrons. The van der Waals surface area contributed by atoms with Crippen LogP contribution in [0.3, 0.4) is 0 Å². The van der Waals surface area contributed by atoms with Crippen molar-refractivity contribution in [2.45, 2.75) is 25.0 Å². The number of nitrogens with one attached hydrogen (secondary N) is 1. The fraction of sp³-hybridized carbons (Fsp3) is 0.273. The maximum atomic E-state index is 12.0. The molecule has 0 saturated heterocycles. The Labute approximate surface area is 105 Å². The van der Waals surface area contributed by atoms with Crippen molar-refractivity contribution < 1.29 is 12.8 Å². The van der Waals surface area contributed by atoms with Gasteiger partial charge in [0.05, 0.1) is 23.7 Å². The van der Waals surface area contributed by atoms with Crippen LogP contribution in [-0.4, -0.2) is 24.4 Å². The summed E-state index contributed by atoms with van der Waals surface area (Å²) in [5, 5.41) is -0.142. The summed E-state index contributed by atoms with van der Waals surface area (Å²) >= 11 is 0. The van der Waals surface area contributed by atoms with Crippen molar-refractivity contribution in [1.82, 2.24) is 14.7 Å². The number of nitrogens with zero attached hydrogens (tertiary/aromatic N) is 2. The first-order valence-corrected chi connectivity index (χ1v) is 6.85. The van der Waals surface area contributed by atoms with Crippen molar-refractivity contribution in [2.75, 3.05) is 0 Å². The molecule has 0 spiro atoms. The zero-order chi connectivity index (χ0) is 13.2. The van der Waals surface area contributed by atoms with E-state index < -0.39 is 10.0 Å². The van der Waals surface area contributed by atoms with E-state index in [-0.39, 0.29) is 11.1 Å². The first-order chi connectivity index (χ1) is 8.50. The molecule has 0 saturated carbocycles. The highest BCUT2D eigenvalue weighted by Gasteiger charge is 2.24. The lowest BCUT2D eigenvalue weighted by molar-refractivity contribution is 0.445. The Kier molecular flexibility index (Phi) is 3.44. The Balaban J connectivity index is 2.46. The molecule has 2 aromatic heterocycles. The molecule has 0 aliphatic heterocycles. The highest BCUT2D eigenvalue weighted by atomic mass is 32.2. The van der Waals surface area contributed by atoms with E-state index in [2.05, 4.69) is 14.7 Å². The summed E-state index contributed by atoms with van der Waals surface area (Å²) in [5.74, 6) is 0. The highest BCUT2D eigenvalue weighted by Crippen LogP contribution is 2.26. The SMILES string of the molecule is CC(C)NS(=O)(=O)c1occc1-c1cnccn1. The maximum Gasteiger partial charge on any atom is 0.274 e. The van der Waals surface area contributed by atoms with Gasteiger partial charge in [0.25, 0.3) is 10.0 Å². The molecule has 2 aromatic rings. The molecule has 0 aliphatic carbocycles. The van der Waals surface area contributed by atoms with E-state index in [1.807, 2.05) is 0 Å². The zero-order valence-corrected chi connectivity index (χ0v) is 10.8. The van der Waals surface area contributed by atoms with Gasteiger partial charge in [-0.05, 0) is 19.9 Å². The van der Waals surface area contributed by atoms with Gasteiger partial charge in [0, 0.05) is 18.4 Å². The Morgan fingerprint density at radius 2 is 2.11 bits per heavy atom. The molecular weight excluding hydrogens is 254 g/mol. The molecule has 18 heavy (non-hydrogen) atoms. The van der Waals surface area contributed by atoms with Crippen LogP contribution in [0, 0.1) is 0 Å². The normalized spacial score (nSPS) is 11.9. The predicted octanol–water partition coefficient (Wildman–Crippen LogP) is 1.42. The Hall–Kier alpha value is -1.73. The summed E-state index contributed by atoms with van der Waals surface area (Å²) < 4.78 is 31.6. The molecule has 7 heteroatoms. The molecule has 0 amide bonds. The summed E-state index contributed by atoms with van der Waals surface area (Å²) in [6.07, 6.45) is 5.82. The van der Waals surface area contributed by atoms with Crippen molar-refractivity contribution in [3.05, 3.63) is 30.9 Å². The van der Waals surface area contributed by atoms with E-state index in [1.165, 1.54) is 24.9 Å². The summed E-state index contributed by atoms with van der Waals surface area (Å²) in [7, 11) is -3.68. The van der Waals surface area contributed by atoms with E-state index in [0.717, 1.165) is 0 Å². The van der Waals surface area contributed by atoms with Gasteiger partial charge >= 0.3 is 0 Å². The topological polar surface area (TPSA) is 85.1 Å². The minimum Gasteiger partial charge on any atom is -0.451 e. The van der Waals surface area contributed by atoms with E-state index >= 15 is 0 Å². The Morgan fingerprint density at radius 1 is 1.33 bits per heavy atom. The smallest absolute Gasteiger partial charge is 0.274 e. The molecule has 2 heterocycles. The number of furan rings is 1. The number of sulfonamides is 1. The number of hydrogen-bond donors (Lipinski definition) is 1. The Bertz CT molecular complexity index is 620. The van der Waals surface area contributed by atoms with Crippen molar-refractivity contribution >= 4 is 10.0 Å². The van der Waals surface area contributed by atoms with Crippen LogP contribution >= 0.6 is 0 Å². The lowest BCUT2D eigenvalue weighted by Gasteiger charge is -2.08. The number of rotatable bonds is 4. The van der Waals surface area contributed by atoms with Crippen molar-refractivity contribution in [3.8, 4) is 11.3 Å². The van der Waals surface area contributed by atoms with Gasteiger partial charge in [-0.3, -0.25) is 9.97 Å². The van der Waals surface area contributed by atoms with Crippen LogP contribution in [0.4, 0.5) is 0 Å². The minimum absolute atomic E-state index is 0.142. The molecule has 0 radical (unpaired) electrons. The van der Waals surface area contributed by atoms with E-state index in [4.69, 9.17) is 4.42 Å². The molecule has 2 rings (SSSR count). The van der Waals surface area contributed by atoms with Crippen molar-refractivity contribution in [3.63, 3.8) is 0 Å². The molecule has 0 atom stereocenters. The molecule has 0 unspecified atom stereocenters. The third kappa shape index (κ3) is 2.57. The van der Waals surface area contributed by atoms with Crippen LogP contribution in [0.25, 0.3) is 11.3 Å². The van der Waals surface area contributed by atoms with Gasteiger partial charge in [-0.2, -0.15) is 0 Å². The van der Waals surface area contributed by atoms with Crippen LogP contribution in [0.15, 0.2) is 40.4 Å². The second kappa shape index (κ2) is 4.87. The molecule has 0 aromatic carbocycles. The summed E-state index contributed by atoms with van der Waals surface area (Å²) in [4.78, 5) is 7.97. The number of hydrogen-bond acceptors (Lipinski definition) is 5. The van der Waals surface area contributed by atoms with Gasteiger partial charge in [-0.1, -0.05) is 0 Å². The zero-order valence-electron chi connectivity index (χ0n) is 9.99. The van der Waals surface area contributed by atoms with Crippen LogP contribution in [-0.2, 0) is 10.0 Å². The molecule has 0 fully saturated rings. The second-order valence-corrected chi connectivity index (χ2v) is 5.60. The van der Waals surface area contributed by atoms with Gasteiger partial charge in [-0.15, -0.1) is 0 Å². The Morgan fingerprint density at radius 3 is 2.72 bits per heavy atom. The molecule has 1 N–H and O–H groups in total. The summed E-state index contributed by atoms with van der Waals surface area (Å²) in [5.41, 5.74) is 0.853. The lowest BCUT2D eigenvalue weighted by Crippen LogP contribution is -2.30. The molecular formula is C11H13N3O3S. The van der Waals surface area contributed by atoms with Gasteiger partial charge in [-0.25, -0.2) is 13.1 Å². The molecule has 6 nitrogen and oxygen atoms in total. The van der Waals surface area contributed by atoms with Crippen LogP contribution in [0.1, 0.15) is 13.8 Å². The van der Waals surface area contributed by atoms with Crippen molar-refractivity contribution in [2.24, 2.45) is 0 Å². The van der Waals surface area contributed by atoms with Gasteiger partial charge in [0.2, 0.25) is 5.09 Å². The second-order valence-electron chi connectivity index (χ2n) is 3.99. The van der Waals surface area contributed by atoms with Crippen LogP contribution in [0.2, 0.25) is 0 Å². The maximum absolute atomic E-state index is 12.0. The van der Waals surface area contributed by atoms with E-state index in [0.29, 0.717) is 11.3 Å². The largest absolute Gasteiger partial charge is 0.451 e. The van der Waals surface area contributed by atoms with Crippen LogP contribution < -0.4 is 4.72 Å². The lowest BCUT2D eigenvalue weighted by atomic mass is 10.2. The quantitative estimate of drug-likeness (QED) is 0.905. The number of aromatic nitrogens is 2. The van der Waals surface area contributed by atoms with E-state index in [1.54, 1.807) is 19.9 Å². The molecule has 0 bridgehead atoms. The monoisotopic (exact) mass is 267 g/mol. The predicted molar refractivity (Wildman–Crippen MR) is 65.2 cm³/mol. The third-order valence-electron chi connectivity index (χ3n) is 2.10. The van der Waals surface area contributed by atoms with E-state index in [9.17, 15) is 8.42 Å². The summed E-state index contributed by atoms with van der Waals surface area (Å²) in [6.45, 7) is 3.48. The summed E-state index contributed by atoms with van der Waals surface area (Å²) in [6, 6.07) is 1.34. The average molecular weight is 267 g/mol. The fourth-order valence-electron chi connectivity index (χ4n) is 1.50. The average Bonchev–Trinajstić information content (AvgIpc) is 2.78. The van der Waals surface area contributed by atoms with Gasteiger partial charge in [0.1, 0.15) is 0 Å². The van der Waals surface area contributed by atoms with Gasteiger partial charge in [0.15, 0.2) is 0 Å². The van der Waals surface area contributed by atoms with Crippen molar-refractivity contribution in [1.29, 1.82) is 0 Å². The highest BCUT2D eigenvalue weighted by molar-refractivity contribution is 7.89. The first kappa shape index (κ1) is 12.7. The van der Waals surface area contributed by atoms with Gasteiger partial charge < -0.3 is 4.42 Å². The molecule has 0 aliphatic rings. The van der Waals surface area contributed by atoms with Crippen LogP contribution in [0.5, 0.6) is 0 Å². The first-order valence-electron chi connectivity index (χ1n) is 5.37. The fourth-order valence-corrected chi connectivity index (χ4v) is 2.87. The minimum atomic E-state index is -3.68. The standard InChI is InChI=1S/C11H13N3O3S/c1-8(2)14-18(15,16)11-9(3-6-17-11)10-7-12-4-5-13-10/h3-8,14H,1-2H3. The third-order valence-corrected chi connectivity index (χ3v) is 3.69.